The number of rotatable bonds is 3. The molecule has 3 rings (SSSR count). The van der Waals surface area contributed by atoms with Crippen molar-refractivity contribution in [2.45, 2.75) is 0 Å². The van der Waals surface area contributed by atoms with Crippen molar-refractivity contribution in [3.05, 3.63) is 71.9 Å². The van der Waals surface area contributed by atoms with Crippen LogP contribution >= 0.6 is 0 Å². The van der Waals surface area contributed by atoms with E-state index in [4.69, 9.17) is 18.6 Å². The van der Waals surface area contributed by atoms with E-state index in [0.29, 0.717) is 0 Å². The maximum absolute atomic E-state index is 8.60. The molecular formula is C19H19ClN2O4. The van der Waals surface area contributed by atoms with Gasteiger partial charge >= 0.3 is 0 Å². The maximum atomic E-state index is 8.60. The van der Waals surface area contributed by atoms with Crippen molar-refractivity contribution in [1.29, 1.82) is 0 Å². The van der Waals surface area contributed by atoms with E-state index in [0.717, 1.165) is 11.2 Å². The molecule has 1 N–H and O–H groups in total. The minimum absolute atomic E-state index is 0.977. The Morgan fingerprint density at radius 2 is 1.50 bits per heavy atom. The largest absolute Gasteiger partial charge is 0.378 e. The van der Waals surface area contributed by atoms with Crippen LogP contribution in [0.1, 0.15) is 11.3 Å². The van der Waals surface area contributed by atoms with Gasteiger partial charge in [-0.2, -0.15) is 14.0 Å². The first-order chi connectivity index (χ1) is 12.2. The van der Waals surface area contributed by atoms with Gasteiger partial charge < -0.3 is 4.90 Å². The standard InChI is InChI=1S/C19H18N2.ClHO4/c1-21(2)18-13-8-15(9-14-18)7-11-17-12-10-16-5-3-4-6-19(16)20-17;2-1(3,4)5/h3-14H,1-2H3;(H,2,3,4,5)/b11-7+;. The van der Waals surface area contributed by atoms with Crippen LogP contribution in [0.4, 0.5) is 5.69 Å². The number of hydrogen-bond acceptors (Lipinski definition) is 6. The van der Waals surface area contributed by atoms with Gasteiger partial charge in [0.25, 0.3) is 0 Å². The van der Waals surface area contributed by atoms with E-state index in [1.807, 2.05) is 38.4 Å². The highest BCUT2D eigenvalue weighted by Gasteiger charge is 1.99. The van der Waals surface area contributed by atoms with Gasteiger partial charge in [-0.1, -0.05) is 42.5 Å². The van der Waals surface area contributed by atoms with Crippen LogP contribution in [0.3, 0.4) is 0 Å². The molecule has 0 spiro atoms. The molecule has 2 aromatic carbocycles. The zero-order valence-electron chi connectivity index (χ0n) is 14.4. The highest BCUT2D eigenvalue weighted by atomic mass is 35.7. The van der Waals surface area contributed by atoms with Crippen LogP contribution in [-0.2, 0) is 0 Å². The van der Waals surface area contributed by atoms with Crippen molar-refractivity contribution in [3.63, 3.8) is 0 Å². The summed E-state index contributed by atoms with van der Waals surface area (Å²) in [7, 11) is -0.603. The van der Waals surface area contributed by atoms with Crippen LogP contribution in [-0.4, -0.2) is 23.7 Å². The number of fused-ring (bicyclic) bond motifs is 1. The average Bonchev–Trinajstić information content (AvgIpc) is 2.58. The molecule has 0 unspecified atom stereocenters. The number of aromatic nitrogens is 1. The Labute approximate surface area is 154 Å². The monoisotopic (exact) mass is 374 g/mol. The van der Waals surface area contributed by atoms with E-state index in [9.17, 15) is 0 Å². The molecule has 0 bridgehead atoms. The number of hydrogen-bond donors (Lipinski definition) is 1. The molecule has 1 aromatic heterocycles. The lowest BCUT2D eigenvalue weighted by Gasteiger charge is -2.11. The third-order valence-electron chi connectivity index (χ3n) is 3.48. The molecule has 136 valence electrons. The summed E-state index contributed by atoms with van der Waals surface area (Å²) in [6.45, 7) is 0. The van der Waals surface area contributed by atoms with Crippen molar-refractivity contribution in [2.24, 2.45) is 0 Å². The van der Waals surface area contributed by atoms with Crippen LogP contribution in [0.5, 0.6) is 0 Å². The first-order valence-electron chi connectivity index (χ1n) is 7.67. The van der Waals surface area contributed by atoms with Crippen molar-refractivity contribution in [3.8, 4) is 0 Å². The molecule has 0 aliphatic rings. The Hall–Kier alpha value is -2.48. The van der Waals surface area contributed by atoms with E-state index < -0.39 is 10.2 Å². The third-order valence-corrected chi connectivity index (χ3v) is 3.48. The van der Waals surface area contributed by atoms with E-state index >= 15 is 0 Å². The molecule has 0 aliphatic heterocycles. The fourth-order valence-electron chi connectivity index (χ4n) is 2.24. The topological polar surface area (TPSA) is 106 Å². The van der Waals surface area contributed by atoms with Crippen LogP contribution < -0.4 is 18.9 Å². The fourth-order valence-corrected chi connectivity index (χ4v) is 2.24. The van der Waals surface area contributed by atoms with Crippen molar-refractivity contribution >= 4 is 28.7 Å². The average molecular weight is 375 g/mol. The predicted molar refractivity (Wildman–Crippen MR) is 93.7 cm³/mol. The first kappa shape index (κ1) is 19.8. The third kappa shape index (κ3) is 6.79. The summed E-state index contributed by atoms with van der Waals surface area (Å²) in [5, 5.41) is 1.17. The SMILES string of the molecule is CN(C)c1ccc(/C=C/c2ccc3ccccc3n2)cc1.[O-][Cl+3]([O-])([O-])O. The molecule has 6 nitrogen and oxygen atoms in total. The highest BCUT2D eigenvalue weighted by molar-refractivity contribution is 5.80. The molecule has 26 heavy (non-hydrogen) atoms. The molecule has 0 amide bonds. The quantitative estimate of drug-likeness (QED) is 0.709. The van der Waals surface area contributed by atoms with Crippen LogP contribution in [0.15, 0.2) is 60.7 Å². The van der Waals surface area contributed by atoms with Gasteiger partial charge in [-0.15, -0.1) is 0 Å². The lowest BCUT2D eigenvalue weighted by atomic mass is 10.1. The number of nitrogens with zero attached hydrogens (tertiary/aromatic N) is 2. The Bertz CT molecular complexity index is 869. The van der Waals surface area contributed by atoms with E-state index in [1.165, 1.54) is 16.6 Å². The maximum Gasteiger partial charge on any atom is 0.0777 e. The van der Waals surface area contributed by atoms with E-state index in [-0.39, 0.29) is 0 Å². The molecule has 0 radical (unpaired) electrons. The molecule has 7 heteroatoms. The number of anilines is 1. The molecule has 0 fully saturated rings. The summed E-state index contributed by atoms with van der Waals surface area (Å²) in [5.41, 5.74) is 4.39. The highest BCUT2D eigenvalue weighted by Crippen LogP contribution is 2.16. The fraction of sp³-hybridized carbons (Fsp3) is 0.105. The van der Waals surface area contributed by atoms with Gasteiger partial charge in [-0.05, 0) is 35.9 Å². The van der Waals surface area contributed by atoms with Gasteiger partial charge in [0.2, 0.25) is 0 Å². The second kappa shape index (κ2) is 8.75. The summed E-state index contributed by atoms with van der Waals surface area (Å²) < 4.78 is 32.7. The van der Waals surface area contributed by atoms with Crippen molar-refractivity contribution in [2.75, 3.05) is 19.0 Å². The van der Waals surface area contributed by atoms with Crippen LogP contribution in [0, 0.1) is 10.2 Å². The minimum Gasteiger partial charge on any atom is -0.378 e. The Balaban J connectivity index is 0.000000431. The zero-order chi connectivity index (χ0) is 19.2. The molecule has 0 saturated carbocycles. The van der Waals surface area contributed by atoms with Crippen molar-refractivity contribution < 1.29 is 28.9 Å². The lowest BCUT2D eigenvalue weighted by molar-refractivity contribution is -1.92. The Morgan fingerprint density at radius 1 is 0.885 bits per heavy atom. The van der Waals surface area contributed by atoms with E-state index in [1.54, 1.807) is 0 Å². The molecule has 0 aliphatic carbocycles. The summed E-state index contributed by atoms with van der Waals surface area (Å²) in [5.74, 6) is 0. The van der Waals surface area contributed by atoms with E-state index in [2.05, 4.69) is 58.4 Å². The zero-order valence-corrected chi connectivity index (χ0v) is 15.1. The molecule has 1 heterocycles. The molecular weight excluding hydrogens is 356 g/mol. The van der Waals surface area contributed by atoms with Crippen LogP contribution in [0.25, 0.3) is 23.1 Å². The minimum atomic E-state index is -4.69. The Morgan fingerprint density at radius 3 is 2.12 bits per heavy atom. The molecule has 3 aromatic rings. The summed E-state index contributed by atoms with van der Waals surface area (Å²) in [6, 6.07) is 20.8. The molecule has 0 atom stereocenters. The smallest absolute Gasteiger partial charge is 0.0777 e. The van der Waals surface area contributed by atoms with Crippen LogP contribution in [0.2, 0.25) is 0 Å². The molecule has 0 saturated heterocycles. The van der Waals surface area contributed by atoms with Crippen molar-refractivity contribution in [1.82, 2.24) is 4.98 Å². The summed E-state index contributed by atoms with van der Waals surface area (Å²) >= 11 is 0. The van der Waals surface area contributed by atoms with Gasteiger partial charge in [0.15, 0.2) is 0 Å². The van der Waals surface area contributed by atoms with Gasteiger partial charge in [-0.3, -0.25) is 0 Å². The van der Waals surface area contributed by atoms with Gasteiger partial charge in [0.05, 0.1) is 26.1 Å². The number of para-hydroxylation sites is 1. The summed E-state index contributed by atoms with van der Waals surface area (Å²) in [6.07, 6.45) is 4.15. The second-order valence-corrected chi connectivity index (χ2v) is 6.44. The summed E-state index contributed by atoms with van der Waals surface area (Å²) in [4.78, 5) is 6.74. The Kier molecular flexibility index (Phi) is 6.68. The normalized spacial score (nSPS) is 11.3. The number of benzene rings is 2. The second-order valence-electron chi connectivity index (χ2n) is 5.64. The van der Waals surface area contributed by atoms with Gasteiger partial charge in [-0.25, -0.2) is 4.98 Å². The first-order valence-corrected chi connectivity index (χ1v) is 8.93. The number of halogens is 1. The van der Waals surface area contributed by atoms with Gasteiger partial charge in [0.1, 0.15) is 0 Å². The lowest BCUT2D eigenvalue weighted by Crippen LogP contribution is -2.58. The number of pyridine rings is 1. The predicted octanol–water partition coefficient (Wildman–Crippen LogP) is 0.347. The van der Waals surface area contributed by atoms with Gasteiger partial charge in [0, 0.05) is 25.2 Å².